The fourth-order valence-electron chi connectivity index (χ4n) is 1.78. The molecule has 2 rings (SSSR count). The van der Waals surface area contributed by atoms with Gasteiger partial charge in [-0.2, -0.15) is 0 Å². The van der Waals surface area contributed by atoms with Gasteiger partial charge < -0.3 is 15.0 Å². The van der Waals surface area contributed by atoms with Gasteiger partial charge in [-0.25, -0.2) is 0 Å². The van der Waals surface area contributed by atoms with Crippen molar-refractivity contribution in [2.75, 3.05) is 13.7 Å². The number of H-pyrrole nitrogens is 1. The fraction of sp³-hybridized carbons (Fsp3) is 0.308. The Hall–Kier alpha value is -1.81. The van der Waals surface area contributed by atoms with Crippen LogP contribution in [-0.2, 0) is 0 Å². The number of benzene rings is 1. The van der Waals surface area contributed by atoms with Crippen LogP contribution in [-0.4, -0.2) is 40.6 Å². The minimum absolute atomic E-state index is 0.0387. The number of carbonyl (C=O) groups excluding carboxylic acids is 1. The van der Waals surface area contributed by atoms with Crippen molar-refractivity contribution in [3.8, 4) is 0 Å². The summed E-state index contributed by atoms with van der Waals surface area (Å²) in [6.07, 6.45) is 1.82. The summed E-state index contributed by atoms with van der Waals surface area (Å²) in [6.45, 7) is 1.77. The number of nitrogens with one attached hydrogen (secondary N) is 1. The summed E-state index contributed by atoms with van der Waals surface area (Å²) in [5.74, 6) is -0.0837. The van der Waals surface area contributed by atoms with E-state index in [0.29, 0.717) is 5.56 Å². The molecule has 1 aromatic heterocycles. The molecule has 0 radical (unpaired) electrons. The van der Waals surface area contributed by atoms with Gasteiger partial charge in [0, 0.05) is 18.6 Å². The highest BCUT2D eigenvalue weighted by molar-refractivity contribution is 6.05. The zero-order valence-electron chi connectivity index (χ0n) is 9.97. The lowest BCUT2D eigenvalue weighted by molar-refractivity contribution is 0.0684. The number of aromatic amines is 1. The van der Waals surface area contributed by atoms with Gasteiger partial charge in [0.25, 0.3) is 5.91 Å². The molecule has 1 atom stereocenters. The maximum absolute atomic E-state index is 12.3. The third kappa shape index (κ3) is 2.03. The summed E-state index contributed by atoms with van der Waals surface area (Å²) in [6, 6.07) is 7.36. The van der Waals surface area contributed by atoms with Gasteiger partial charge in [-0.3, -0.25) is 4.79 Å². The number of aliphatic hydroxyl groups excluding tert-OH is 1. The molecule has 0 saturated carbocycles. The van der Waals surface area contributed by atoms with Crippen LogP contribution in [0.3, 0.4) is 0 Å². The average molecular weight is 232 g/mol. The van der Waals surface area contributed by atoms with Crippen molar-refractivity contribution in [1.29, 1.82) is 0 Å². The molecule has 0 fully saturated rings. The van der Waals surface area contributed by atoms with Crippen molar-refractivity contribution in [2.24, 2.45) is 0 Å². The van der Waals surface area contributed by atoms with Crippen LogP contribution < -0.4 is 0 Å². The van der Waals surface area contributed by atoms with E-state index in [1.54, 1.807) is 18.0 Å². The van der Waals surface area contributed by atoms with Gasteiger partial charge in [0.1, 0.15) is 0 Å². The van der Waals surface area contributed by atoms with Crippen LogP contribution in [0, 0.1) is 0 Å². The highest BCUT2D eigenvalue weighted by atomic mass is 16.3. The Kier molecular flexibility index (Phi) is 3.15. The summed E-state index contributed by atoms with van der Waals surface area (Å²) in [4.78, 5) is 16.9. The molecule has 0 aliphatic rings. The van der Waals surface area contributed by atoms with Gasteiger partial charge in [-0.1, -0.05) is 12.1 Å². The second kappa shape index (κ2) is 4.59. The molecule has 0 bridgehead atoms. The minimum Gasteiger partial charge on any atom is -0.394 e. The summed E-state index contributed by atoms with van der Waals surface area (Å²) >= 11 is 0. The number of carbonyl (C=O) groups is 1. The Morgan fingerprint density at radius 1 is 1.47 bits per heavy atom. The second-order valence-corrected chi connectivity index (χ2v) is 4.20. The molecule has 90 valence electrons. The van der Waals surface area contributed by atoms with E-state index in [2.05, 4.69) is 4.98 Å². The molecule has 1 aromatic carbocycles. The van der Waals surface area contributed by atoms with Crippen molar-refractivity contribution < 1.29 is 9.90 Å². The van der Waals surface area contributed by atoms with Crippen molar-refractivity contribution in [2.45, 2.75) is 13.0 Å². The van der Waals surface area contributed by atoms with E-state index < -0.39 is 0 Å². The monoisotopic (exact) mass is 232 g/mol. The molecule has 4 heteroatoms. The molecule has 17 heavy (non-hydrogen) atoms. The highest BCUT2D eigenvalue weighted by Gasteiger charge is 2.18. The summed E-state index contributed by atoms with van der Waals surface area (Å²) in [7, 11) is 1.70. The summed E-state index contributed by atoms with van der Waals surface area (Å²) in [5, 5.41) is 10.1. The average Bonchev–Trinajstić information content (AvgIpc) is 2.83. The molecule has 0 spiro atoms. The Morgan fingerprint density at radius 3 is 2.94 bits per heavy atom. The second-order valence-electron chi connectivity index (χ2n) is 4.20. The molecular formula is C13H16N2O2. The maximum Gasteiger partial charge on any atom is 0.256 e. The molecular weight excluding hydrogens is 216 g/mol. The first-order valence-corrected chi connectivity index (χ1v) is 5.59. The van der Waals surface area contributed by atoms with Gasteiger partial charge >= 0.3 is 0 Å². The van der Waals surface area contributed by atoms with Crippen LogP contribution in [0.4, 0.5) is 0 Å². The topological polar surface area (TPSA) is 56.3 Å². The van der Waals surface area contributed by atoms with E-state index in [1.807, 2.05) is 31.3 Å². The molecule has 1 heterocycles. The van der Waals surface area contributed by atoms with Crippen LogP contribution >= 0.6 is 0 Å². The number of nitrogens with zero attached hydrogens (tertiary/aromatic N) is 1. The van der Waals surface area contributed by atoms with Crippen molar-refractivity contribution in [1.82, 2.24) is 9.88 Å². The van der Waals surface area contributed by atoms with Gasteiger partial charge in [0.2, 0.25) is 0 Å². The minimum atomic E-state index is -0.187. The zero-order valence-corrected chi connectivity index (χ0v) is 9.97. The molecule has 1 unspecified atom stereocenters. The van der Waals surface area contributed by atoms with E-state index >= 15 is 0 Å². The number of rotatable bonds is 3. The fourth-order valence-corrected chi connectivity index (χ4v) is 1.78. The SMILES string of the molecule is CC(CO)N(C)C(=O)c1cccc2cc[nH]c12. The predicted octanol–water partition coefficient (Wildman–Crippen LogP) is 1.62. The lowest BCUT2D eigenvalue weighted by Gasteiger charge is -2.23. The van der Waals surface area contributed by atoms with E-state index in [4.69, 9.17) is 5.11 Å². The number of fused-ring (bicyclic) bond motifs is 1. The van der Waals surface area contributed by atoms with Crippen LogP contribution in [0.5, 0.6) is 0 Å². The lowest BCUT2D eigenvalue weighted by atomic mass is 10.1. The molecule has 1 amide bonds. The maximum atomic E-state index is 12.3. The van der Waals surface area contributed by atoms with Gasteiger partial charge in [0.15, 0.2) is 0 Å². The summed E-state index contributed by atoms with van der Waals surface area (Å²) in [5.41, 5.74) is 1.48. The van der Waals surface area contributed by atoms with Crippen LogP contribution in [0.1, 0.15) is 17.3 Å². The Morgan fingerprint density at radius 2 is 2.24 bits per heavy atom. The number of aromatic nitrogens is 1. The summed E-state index contributed by atoms with van der Waals surface area (Å²) < 4.78 is 0. The van der Waals surface area contributed by atoms with Crippen LogP contribution in [0.25, 0.3) is 10.9 Å². The quantitative estimate of drug-likeness (QED) is 0.845. The van der Waals surface area contributed by atoms with Crippen molar-refractivity contribution >= 4 is 16.8 Å². The molecule has 0 saturated heterocycles. The zero-order chi connectivity index (χ0) is 12.4. The largest absolute Gasteiger partial charge is 0.394 e. The lowest BCUT2D eigenvalue weighted by Crippen LogP contribution is -2.37. The van der Waals surface area contributed by atoms with Crippen LogP contribution in [0.2, 0.25) is 0 Å². The molecule has 4 nitrogen and oxygen atoms in total. The first-order chi connectivity index (χ1) is 8.15. The molecule has 0 aliphatic heterocycles. The molecule has 0 aliphatic carbocycles. The third-order valence-electron chi connectivity index (χ3n) is 3.06. The smallest absolute Gasteiger partial charge is 0.256 e. The Labute approximate surface area is 99.9 Å². The van der Waals surface area contributed by atoms with Crippen molar-refractivity contribution in [3.63, 3.8) is 0 Å². The highest BCUT2D eigenvalue weighted by Crippen LogP contribution is 2.18. The number of aliphatic hydroxyl groups is 1. The van der Waals surface area contributed by atoms with Gasteiger partial charge in [0.05, 0.1) is 23.7 Å². The normalized spacial score (nSPS) is 12.6. The Balaban J connectivity index is 2.39. The van der Waals surface area contributed by atoms with Gasteiger partial charge in [-0.05, 0) is 19.1 Å². The molecule has 2 aromatic rings. The number of para-hydroxylation sites is 1. The van der Waals surface area contributed by atoms with Gasteiger partial charge in [-0.15, -0.1) is 0 Å². The van der Waals surface area contributed by atoms with E-state index in [1.165, 1.54) is 0 Å². The Bertz CT molecular complexity index is 533. The van der Waals surface area contributed by atoms with Crippen LogP contribution in [0.15, 0.2) is 30.5 Å². The van der Waals surface area contributed by atoms with E-state index in [0.717, 1.165) is 10.9 Å². The number of hydrogen-bond donors (Lipinski definition) is 2. The standard InChI is InChI=1S/C13H16N2O2/c1-9(8-16)15(2)13(17)11-5-3-4-10-6-7-14-12(10)11/h3-7,9,14,16H,8H2,1-2H3. The number of amides is 1. The number of hydrogen-bond acceptors (Lipinski definition) is 2. The number of likely N-dealkylation sites (N-methyl/N-ethyl adjacent to an activating group) is 1. The van der Waals surface area contributed by atoms with E-state index in [-0.39, 0.29) is 18.6 Å². The molecule has 2 N–H and O–H groups in total. The predicted molar refractivity (Wildman–Crippen MR) is 66.9 cm³/mol. The first-order valence-electron chi connectivity index (χ1n) is 5.59. The van der Waals surface area contributed by atoms with Crippen molar-refractivity contribution in [3.05, 3.63) is 36.0 Å². The third-order valence-corrected chi connectivity index (χ3v) is 3.06. The first kappa shape index (κ1) is 11.7. The van der Waals surface area contributed by atoms with E-state index in [9.17, 15) is 4.79 Å².